The molecule has 2 N–H and O–H groups in total. The quantitative estimate of drug-likeness (QED) is 0.473. The van der Waals surface area contributed by atoms with Crippen LogP contribution >= 0.6 is 0 Å². The first-order valence-corrected chi connectivity index (χ1v) is 15.4. The van der Waals surface area contributed by atoms with Crippen LogP contribution in [0.5, 0.6) is 17.2 Å². The number of amides is 2. The van der Waals surface area contributed by atoms with Crippen molar-refractivity contribution in [1.82, 2.24) is 15.1 Å². The van der Waals surface area contributed by atoms with Gasteiger partial charge >= 0.3 is 0 Å². The molecule has 10 heteroatoms. The first kappa shape index (κ1) is 28.6. The summed E-state index contributed by atoms with van der Waals surface area (Å²) in [6, 6.07) is 20.7. The fourth-order valence-corrected chi connectivity index (χ4v) is 6.50. The van der Waals surface area contributed by atoms with Crippen molar-refractivity contribution in [3.8, 4) is 28.4 Å². The van der Waals surface area contributed by atoms with Crippen LogP contribution in [0.3, 0.4) is 0 Å². The Bertz CT molecular complexity index is 1520. The van der Waals surface area contributed by atoms with Gasteiger partial charge in [0.15, 0.2) is 11.5 Å². The monoisotopic (exact) mass is 599 g/mol. The third kappa shape index (κ3) is 5.97. The molecule has 230 valence electrons. The standard InChI is InChI=1S/C34H37N3O7/c38-28-10-8-25-12-15-41-30-17-24(23-4-2-1-3-5-23)7-9-26(30)34(40)37-14-13-36(20-27(37)33(39)35-18-32(28)44-25)19-22-6-11-29-31(16-22)43-21-42-29/h1-7,9,11,16-17,25,27-28,32,38H,8,10,12-15,18-21H2,(H,35,39)/t25-,27-,28-,32+/m0/s1. The molecule has 2 bridgehead atoms. The van der Waals surface area contributed by atoms with Crippen molar-refractivity contribution in [2.45, 2.75) is 50.2 Å². The summed E-state index contributed by atoms with van der Waals surface area (Å²) in [5, 5.41) is 13.6. The zero-order chi connectivity index (χ0) is 30.0. The Morgan fingerprint density at radius 1 is 0.841 bits per heavy atom. The molecule has 2 fully saturated rings. The van der Waals surface area contributed by atoms with Crippen molar-refractivity contribution < 1.29 is 33.6 Å². The highest BCUT2D eigenvalue weighted by atomic mass is 16.7. The normalized spacial score (nSPS) is 25.7. The summed E-state index contributed by atoms with van der Waals surface area (Å²) in [5.74, 6) is 1.41. The molecule has 4 aliphatic rings. The van der Waals surface area contributed by atoms with E-state index < -0.39 is 18.2 Å². The smallest absolute Gasteiger partial charge is 0.258 e. The number of ether oxygens (including phenoxy) is 4. The molecule has 4 heterocycles. The number of nitrogens with one attached hydrogen (secondary N) is 1. The van der Waals surface area contributed by atoms with E-state index in [4.69, 9.17) is 18.9 Å². The Morgan fingerprint density at radius 3 is 2.59 bits per heavy atom. The minimum absolute atomic E-state index is 0.108. The van der Waals surface area contributed by atoms with E-state index >= 15 is 0 Å². The van der Waals surface area contributed by atoms with Crippen molar-refractivity contribution in [2.75, 3.05) is 39.6 Å². The maximum absolute atomic E-state index is 14.2. The largest absolute Gasteiger partial charge is 0.493 e. The van der Waals surface area contributed by atoms with Gasteiger partial charge in [-0.3, -0.25) is 14.5 Å². The van der Waals surface area contributed by atoms with Gasteiger partial charge in [0.1, 0.15) is 17.9 Å². The molecule has 7 rings (SSSR count). The number of piperazine rings is 1. The summed E-state index contributed by atoms with van der Waals surface area (Å²) in [6.07, 6.45) is 0.619. The fraction of sp³-hybridized carbons (Fsp3) is 0.412. The number of carbonyl (C=O) groups is 2. The van der Waals surface area contributed by atoms with Gasteiger partial charge < -0.3 is 34.3 Å². The van der Waals surface area contributed by atoms with Gasteiger partial charge in [-0.25, -0.2) is 0 Å². The van der Waals surface area contributed by atoms with Gasteiger partial charge in [0.25, 0.3) is 5.91 Å². The lowest BCUT2D eigenvalue weighted by molar-refractivity contribution is -0.135. The molecule has 3 aromatic carbocycles. The fourth-order valence-electron chi connectivity index (χ4n) is 6.50. The maximum Gasteiger partial charge on any atom is 0.258 e. The van der Waals surface area contributed by atoms with Gasteiger partial charge in [-0.15, -0.1) is 0 Å². The minimum atomic E-state index is -0.744. The molecule has 0 spiro atoms. The van der Waals surface area contributed by atoms with E-state index in [1.807, 2.05) is 66.7 Å². The Balaban J connectivity index is 1.18. The third-order valence-corrected chi connectivity index (χ3v) is 8.95. The summed E-state index contributed by atoms with van der Waals surface area (Å²) in [4.78, 5) is 31.9. The zero-order valence-electron chi connectivity index (χ0n) is 24.5. The first-order valence-electron chi connectivity index (χ1n) is 15.4. The van der Waals surface area contributed by atoms with Crippen LogP contribution in [0.25, 0.3) is 11.1 Å². The molecule has 44 heavy (non-hydrogen) atoms. The summed E-state index contributed by atoms with van der Waals surface area (Å²) in [5.41, 5.74) is 3.43. The van der Waals surface area contributed by atoms with Gasteiger partial charge in [0, 0.05) is 39.1 Å². The van der Waals surface area contributed by atoms with Gasteiger partial charge in [-0.1, -0.05) is 42.5 Å². The number of carbonyl (C=O) groups excluding carboxylic acids is 2. The van der Waals surface area contributed by atoms with Crippen LogP contribution in [0, 0.1) is 0 Å². The number of nitrogens with zero attached hydrogens (tertiary/aromatic N) is 2. The lowest BCUT2D eigenvalue weighted by Gasteiger charge is -2.41. The number of hydrogen-bond donors (Lipinski definition) is 2. The summed E-state index contributed by atoms with van der Waals surface area (Å²) in [6.45, 7) is 2.65. The van der Waals surface area contributed by atoms with Crippen molar-refractivity contribution in [3.63, 3.8) is 0 Å². The Kier molecular flexibility index (Phi) is 8.12. The average Bonchev–Trinajstić information content (AvgIpc) is 3.52. The van der Waals surface area contributed by atoms with E-state index in [0.717, 1.165) is 22.4 Å². The second-order valence-electron chi connectivity index (χ2n) is 11.8. The Morgan fingerprint density at radius 2 is 1.70 bits per heavy atom. The molecule has 4 aliphatic heterocycles. The molecule has 2 amide bonds. The molecule has 0 saturated carbocycles. The lowest BCUT2D eigenvalue weighted by atomic mass is 9.98. The van der Waals surface area contributed by atoms with Crippen LogP contribution in [-0.4, -0.2) is 90.7 Å². The van der Waals surface area contributed by atoms with Gasteiger partial charge in [-0.2, -0.15) is 0 Å². The van der Waals surface area contributed by atoms with Gasteiger partial charge in [0.05, 0.1) is 24.4 Å². The van der Waals surface area contributed by atoms with Crippen LogP contribution in [0.2, 0.25) is 0 Å². The van der Waals surface area contributed by atoms with Crippen LogP contribution in [0.1, 0.15) is 35.2 Å². The molecular formula is C34H37N3O7. The summed E-state index contributed by atoms with van der Waals surface area (Å²) >= 11 is 0. The van der Waals surface area contributed by atoms with E-state index in [0.29, 0.717) is 69.1 Å². The Labute approximate surface area is 256 Å². The molecule has 4 atom stereocenters. The summed E-state index contributed by atoms with van der Waals surface area (Å²) in [7, 11) is 0. The predicted molar refractivity (Wildman–Crippen MR) is 162 cm³/mol. The number of hydrogen-bond acceptors (Lipinski definition) is 8. The number of aliphatic hydroxyl groups is 1. The highest BCUT2D eigenvalue weighted by molar-refractivity contribution is 6.00. The highest BCUT2D eigenvalue weighted by Crippen LogP contribution is 2.34. The van der Waals surface area contributed by atoms with E-state index in [-0.39, 0.29) is 31.3 Å². The van der Waals surface area contributed by atoms with E-state index in [1.54, 1.807) is 4.90 Å². The minimum Gasteiger partial charge on any atom is -0.493 e. The van der Waals surface area contributed by atoms with Crippen molar-refractivity contribution >= 4 is 11.8 Å². The Hall–Kier alpha value is -4.12. The molecule has 10 nitrogen and oxygen atoms in total. The SMILES string of the molecule is O=C1NC[C@H]2O[C@H](CCOc3cc(-c4ccccc4)ccc3C(=O)N3CCN(Cc4ccc5c(c4)OCO5)C[C@@H]13)CC[C@@H]2O. The van der Waals surface area contributed by atoms with E-state index in [9.17, 15) is 14.7 Å². The predicted octanol–water partition coefficient (Wildman–Crippen LogP) is 3.22. The van der Waals surface area contributed by atoms with Crippen molar-refractivity contribution in [2.24, 2.45) is 0 Å². The molecule has 0 unspecified atom stereocenters. The molecular weight excluding hydrogens is 562 g/mol. The topological polar surface area (TPSA) is 110 Å². The average molecular weight is 600 g/mol. The van der Waals surface area contributed by atoms with Crippen LogP contribution in [0.15, 0.2) is 66.7 Å². The van der Waals surface area contributed by atoms with E-state index in [1.165, 1.54) is 0 Å². The van der Waals surface area contributed by atoms with E-state index in [2.05, 4.69) is 10.2 Å². The lowest BCUT2D eigenvalue weighted by Crippen LogP contribution is -2.61. The van der Waals surface area contributed by atoms with Crippen LogP contribution in [0.4, 0.5) is 0 Å². The summed E-state index contributed by atoms with van der Waals surface area (Å²) < 4.78 is 23.5. The number of fused-ring (bicyclic) bond motifs is 5. The van der Waals surface area contributed by atoms with Gasteiger partial charge in [-0.05, 0) is 53.8 Å². The third-order valence-electron chi connectivity index (χ3n) is 8.95. The number of aliphatic hydroxyl groups excluding tert-OH is 1. The molecule has 0 aliphatic carbocycles. The second kappa shape index (κ2) is 12.5. The maximum atomic E-state index is 14.2. The van der Waals surface area contributed by atoms with Crippen LogP contribution < -0.4 is 19.5 Å². The van der Waals surface area contributed by atoms with Crippen LogP contribution in [-0.2, 0) is 16.1 Å². The molecule has 2 saturated heterocycles. The first-order chi connectivity index (χ1) is 21.5. The second-order valence-corrected chi connectivity index (χ2v) is 11.8. The highest BCUT2D eigenvalue weighted by Gasteiger charge is 2.38. The number of benzene rings is 3. The van der Waals surface area contributed by atoms with Gasteiger partial charge in [0.2, 0.25) is 12.7 Å². The van der Waals surface area contributed by atoms with Crippen molar-refractivity contribution in [1.29, 1.82) is 0 Å². The zero-order valence-corrected chi connectivity index (χ0v) is 24.5. The number of rotatable bonds is 3. The molecule has 0 radical (unpaired) electrons. The van der Waals surface area contributed by atoms with Crippen molar-refractivity contribution in [3.05, 3.63) is 77.9 Å². The molecule has 0 aromatic heterocycles. The molecule has 3 aromatic rings.